The van der Waals surface area contributed by atoms with Gasteiger partial charge in [-0.25, -0.2) is 4.98 Å². The summed E-state index contributed by atoms with van der Waals surface area (Å²) < 4.78 is 5.77. The lowest BCUT2D eigenvalue weighted by Crippen LogP contribution is -2.50. The number of anilines is 1. The van der Waals surface area contributed by atoms with Crippen LogP contribution in [0.5, 0.6) is 5.75 Å². The Kier molecular flexibility index (Phi) is 6.35. The van der Waals surface area contributed by atoms with Gasteiger partial charge in [0.15, 0.2) is 0 Å². The summed E-state index contributed by atoms with van der Waals surface area (Å²) in [6.45, 7) is 8.58. The second-order valence-corrected chi connectivity index (χ2v) is 7.25. The van der Waals surface area contributed by atoms with E-state index in [2.05, 4.69) is 20.9 Å². The molecular formula is C20H27ClN3O2+. The first-order valence-corrected chi connectivity index (χ1v) is 9.42. The van der Waals surface area contributed by atoms with E-state index in [9.17, 15) is 5.11 Å². The standard InChI is InChI=1S/C20H26ClN3O2/c1-15-11-18(12-16(2)20(15)21)26-14-17(25)13-23-7-9-24(10-8-23)19-5-3-4-6-22-19/h3-6,11-12,17,25H,7-10,13-14H2,1-2H3/p+1/t17-/m0/s1. The number of ether oxygens (including phenoxy) is 1. The van der Waals surface area contributed by atoms with Crippen molar-refractivity contribution >= 4 is 17.4 Å². The number of halogens is 1. The fourth-order valence-corrected chi connectivity index (χ4v) is 3.39. The first-order chi connectivity index (χ1) is 12.5. The van der Waals surface area contributed by atoms with Gasteiger partial charge in [0.1, 0.15) is 18.5 Å². The fourth-order valence-electron chi connectivity index (χ4n) is 3.28. The van der Waals surface area contributed by atoms with Crippen LogP contribution < -0.4 is 14.6 Å². The van der Waals surface area contributed by atoms with E-state index in [0.717, 1.165) is 53.9 Å². The smallest absolute Gasteiger partial charge is 0.274 e. The molecular weight excluding hydrogens is 350 g/mol. The molecule has 140 valence electrons. The SMILES string of the molecule is Cc1cc(OC[C@@H](O)CN2CCN(c3cccc[nH+]3)CC2)cc(C)c1Cl. The van der Waals surface area contributed by atoms with Gasteiger partial charge in [0.25, 0.3) is 5.82 Å². The lowest BCUT2D eigenvalue weighted by molar-refractivity contribution is -0.364. The zero-order valence-electron chi connectivity index (χ0n) is 15.4. The van der Waals surface area contributed by atoms with E-state index >= 15 is 0 Å². The molecule has 3 rings (SSSR count). The highest BCUT2D eigenvalue weighted by Crippen LogP contribution is 2.25. The van der Waals surface area contributed by atoms with Gasteiger partial charge in [-0.15, -0.1) is 0 Å². The van der Waals surface area contributed by atoms with Crippen LogP contribution in [0.1, 0.15) is 11.1 Å². The summed E-state index contributed by atoms with van der Waals surface area (Å²) in [5.41, 5.74) is 1.98. The third kappa shape index (κ3) is 4.87. The summed E-state index contributed by atoms with van der Waals surface area (Å²) in [7, 11) is 0. The second-order valence-electron chi connectivity index (χ2n) is 6.87. The van der Waals surface area contributed by atoms with Gasteiger partial charge in [-0.3, -0.25) is 9.80 Å². The van der Waals surface area contributed by atoms with Crippen LogP contribution in [0.4, 0.5) is 5.82 Å². The van der Waals surface area contributed by atoms with Crippen molar-refractivity contribution in [3.8, 4) is 5.75 Å². The topological polar surface area (TPSA) is 50.1 Å². The first kappa shape index (κ1) is 19.0. The summed E-state index contributed by atoms with van der Waals surface area (Å²) in [6, 6.07) is 9.95. The maximum atomic E-state index is 10.3. The minimum Gasteiger partial charge on any atom is -0.491 e. The molecule has 0 saturated carbocycles. The van der Waals surface area contributed by atoms with E-state index in [1.54, 1.807) is 0 Å². The number of aliphatic hydroxyl groups excluding tert-OH is 1. The Morgan fingerprint density at radius 1 is 1.15 bits per heavy atom. The lowest BCUT2D eigenvalue weighted by atomic mass is 10.1. The zero-order chi connectivity index (χ0) is 18.5. The van der Waals surface area contributed by atoms with E-state index in [1.165, 1.54) is 0 Å². The molecule has 0 unspecified atom stereocenters. The number of aliphatic hydroxyl groups is 1. The molecule has 1 fully saturated rings. The summed E-state index contributed by atoms with van der Waals surface area (Å²) in [6.07, 6.45) is 1.43. The van der Waals surface area contributed by atoms with Crippen molar-refractivity contribution in [3.63, 3.8) is 0 Å². The molecule has 1 aliphatic heterocycles. The fraction of sp³-hybridized carbons (Fsp3) is 0.450. The molecule has 2 aromatic rings. The molecule has 0 radical (unpaired) electrons. The lowest BCUT2D eigenvalue weighted by Gasteiger charge is -2.32. The third-order valence-corrected chi connectivity index (χ3v) is 5.32. The number of nitrogens with zero attached hydrogens (tertiary/aromatic N) is 2. The largest absolute Gasteiger partial charge is 0.491 e. The Hall–Kier alpha value is -1.82. The van der Waals surface area contributed by atoms with Crippen LogP contribution in [-0.2, 0) is 0 Å². The number of hydrogen-bond donors (Lipinski definition) is 1. The molecule has 0 bridgehead atoms. The number of pyridine rings is 1. The van der Waals surface area contributed by atoms with E-state index in [-0.39, 0.29) is 6.61 Å². The van der Waals surface area contributed by atoms with Crippen LogP contribution >= 0.6 is 11.6 Å². The van der Waals surface area contributed by atoms with Crippen molar-refractivity contribution < 1.29 is 14.8 Å². The minimum atomic E-state index is -0.513. The van der Waals surface area contributed by atoms with E-state index in [0.29, 0.717) is 6.54 Å². The molecule has 5 nitrogen and oxygen atoms in total. The Morgan fingerprint density at radius 3 is 2.46 bits per heavy atom. The van der Waals surface area contributed by atoms with Gasteiger partial charge in [0.05, 0.1) is 19.3 Å². The first-order valence-electron chi connectivity index (χ1n) is 9.04. The van der Waals surface area contributed by atoms with Crippen LogP contribution in [0, 0.1) is 13.8 Å². The minimum absolute atomic E-state index is 0.285. The van der Waals surface area contributed by atoms with Crippen LogP contribution in [0.3, 0.4) is 0 Å². The number of aryl methyl sites for hydroxylation is 2. The molecule has 1 atom stereocenters. The van der Waals surface area contributed by atoms with Gasteiger partial charge in [-0.05, 0) is 43.2 Å². The van der Waals surface area contributed by atoms with Crippen molar-refractivity contribution in [1.29, 1.82) is 0 Å². The predicted octanol–water partition coefficient (Wildman–Crippen LogP) is 2.33. The summed E-state index contributed by atoms with van der Waals surface area (Å²) >= 11 is 6.18. The average molecular weight is 377 g/mol. The van der Waals surface area contributed by atoms with Gasteiger partial charge in [-0.2, -0.15) is 0 Å². The van der Waals surface area contributed by atoms with E-state index < -0.39 is 6.10 Å². The number of hydrogen-bond acceptors (Lipinski definition) is 4. The number of H-pyrrole nitrogens is 1. The monoisotopic (exact) mass is 376 g/mol. The second kappa shape index (κ2) is 8.71. The zero-order valence-corrected chi connectivity index (χ0v) is 16.2. The van der Waals surface area contributed by atoms with Crippen LogP contribution in [0.25, 0.3) is 0 Å². The number of piperazine rings is 1. The Labute approximate surface area is 160 Å². The summed E-state index contributed by atoms with van der Waals surface area (Å²) in [5, 5.41) is 11.1. The van der Waals surface area contributed by atoms with Gasteiger partial charge >= 0.3 is 0 Å². The van der Waals surface area contributed by atoms with E-state index in [4.69, 9.17) is 16.3 Å². The van der Waals surface area contributed by atoms with Crippen molar-refractivity contribution in [3.05, 3.63) is 52.7 Å². The average Bonchev–Trinajstić information content (AvgIpc) is 2.65. The molecule has 0 spiro atoms. The molecule has 1 aliphatic rings. The molecule has 2 heterocycles. The number of nitrogens with one attached hydrogen (secondary N) is 1. The highest BCUT2D eigenvalue weighted by atomic mass is 35.5. The van der Waals surface area contributed by atoms with Gasteiger partial charge in [-0.1, -0.05) is 17.7 Å². The maximum Gasteiger partial charge on any atom is 0.274 e. The van der Waals surface area contributed by atoms with Crippen LogP contribution in [0.2, 0.25) is 5.02 Å². The molecule has 1 aromatic heterocycles. The van der Waals surface area contributed by atoms with Crippen LogP contribution in [-0.4, -0.2) is 55.4 Å². The normalized spacial score (nSPS) is 16.5. The van der Waals surface area contributed by atoms with Gasteiger partial charge < -0.3 is 9.84 Å². The van der Waals surface area contributed by atoms with Gasteiger partial charge in [0.2, 0.25) is 0 Å². The van der Waals surface area contributed by atoms with Crippen LogP contribution in [0.15, 0.2) is 36.5 Å². The van der Waals surface area contributed by atoms with Crippen molar-refractivity contribution in [2.24, 2.45) is 0 Å². The predicted molar refractivity (Wildman–Crippen MR) is 104 cm³/mol. The quantitative estimate of drug-likeness (QED) is 0.840. The molecule has 1 saturated heterocycles. The van der Waals surface area contributed by atoms with Gasteiger partial charge in [0, 0.05) is 30.7 Å². The molecule has 6 heteroatoms. The molecule has 2 N–H and O–H groups in total. The van der Waals surface area contributed by atoms with E-state index in [1.807, 2.05) is 44.3 Å². The molecule has 1 aromatic carbocycles. The number of rotatable bonds is 6. The van der Waals surface area contributed by atoms with Crippen molar-refractivity contribution in [1.82, 2.24) is 4.90 Å². The summed E-state index contributed by atoms with van der Waals surface area (Å²) in [4.78, 5) is 7.89. The molecule has 0 amide bonds. The number of benzene rings is 1. The highest BCUT2D eigenvalue weighted by Gasteiger charge is 2.24. The summed E-state index contributed by atoms with van der Waals surface area (Å²) in [5.74, 6) is 1.90. The van der Waals surface area contributed by atoms with Crippen molar-refractivity contribution in [2.75, 3.05) is 44.2 Å². The Balaban J connectivity index is 1.44. The third-order valence-electron chi connectivity index (χ3n) is 4.73. The maximum absolute atomic E-state index is 10.3. The van der Waals surface area contributed by atoms with Crippen molar-refractivity contribution in [2.45, 2.75) is 20.0 Å². The Morgan fingerprint density at radius 2 is 1.85 bits per heavy atom. The number of β-amino-alcohol motifs (C(OH)–C–C–N with tert-alkyl or cyclic N) is 1. The highest BCUT2D eigenvalue weighted by molar-refractivity contribution is 6.32. The molecule has 0 aliphatic carbocycles. The Bertz CT molecular complexity index is 695. The number of aromatic amines is 1. The molecule has 26 heavy (non-hydrogen) atoms. The number of aromatic nitrogens is 1.